The fourth-order valence-corrected chi connectivity index (χ4v) is 4.03. The largest absolute Gasteiger partial charge is 0.417 e. The van der Waals surface area contributed by atoms with Crippen molar-refractivity contribution in [2.24, 2.45) is 5.92 Å². The minimum atomic E-state index is -4.44. The Balaban J connectivity index is 1.55. The van der Waals surface area contributed by atoms with E-state index in [0.717, 1.165) is 25.1 Å². The standard InChI is InChI=1S/C22H24F3N7O/c1-14-4-3-11-31(18(14)13-27-19-8-6-16(12-26-19)22(23,24)25)21(33)20-17(7-5-15(2)30-20)32-28-9-10-29-32/h5-10,12,14,18H,3-4,11,13H2,1-2H3,(H,26,27)/t14-,18-/m1/s1. The molecule has 0 saturated carbocycles. The van der Waals surface area contributed by atoms with E-state index in [9.17, 15) is 18.0 Å². The van der Waals surface area contributed by atoms with Crippen LogP contribution >= 0.6 is 0 Å². The molecule has 1 aliphatic heterocycles. The molecule has 1 saturated heterocycles. The van der Waals surface area contributed by atoms with E-state index in [2.05, 4.69) is 32.4 Å². The van der Waals surface area contributed by atoms with Crippen LogP contribution in [-0.2, 0) is 6.18 Å². The molecule has 1 amide bonds. The first-order chi connectivity index (χ1) is 15.7. The van der Waals surface area contributed by atoms with Gasteiger partial charge in [0.15, 0.2) is 5.69 Å². The van der Waals surface area contributed by atoms with E-state index < -0.39 is 11.7 Å². The molecule has 33 heavy (non-hydrogen) atoms. The third kappa shape index (κ3) is 4.96. The number of aryl methyl sites for hydroxylation is 1. The molecule has 0 unspecified atom stereocenters. The molecule has 8 nitrogen and oxygen atoms in total. The second kappa shape index (κ2) is 9.16. The van der Waals surface area contributed by atoms with Gasteiger partial charge in [0, 0.05) is 25.0 Å². The number of nitrogens with zero attached hydrogens (tertiary/aromatic N) is 6. The molecule has 1 fully saturated rings. The maximum atomic E-state index is 13.6. The Kier molecular flexibility index (Phi) is 6.30. The highest BCUT2D eigenvalue weighted by Crippen LogP contribution is 2.29. The Bertz CT molecular complexity index is 1100. The van der Waals surface area contributed by atoms with Crippen molar-refractivity contribution in [2.75, 3.05) is 18.4 Å². The molecule has 0 radical (unpaired) electrons. The second-order valence-corrected chi connectivity index (χ2v) is 8.14. The summed E-state index contributed by atoms with van der Waals surface area (Å²) >= 11 is 0. The van der Waals surface area contributed by atoms with Crippen LogP contribution < -0.4 is 5.32 Å². The summed E-state index contributed by atoms with van der Waals surface area (Å²) in [7, 11) is 0. The van der Waals surface area contributed by atoms with Gasteiger partial charge in [0.05, 0.1) is 24.0 Å². The maximum absolute atomic E-state index is 13.6. The number of likely N-dealkylation sites (tertiary alicyclic amines) is 1. The van der Waals surface area contributed by atoms with Gasteiger partial charge in [0.25, 0.3) is 5.91 Å². The van der Waals surface area contributed by atoms with E-state index in [1.807, 2.05) is 6.92 Å². The Hall–Kier alpha value is -3.50. The zero-order valence-corrected chi connectivity index (χ0v) is 18.3. The lowest BCUT2D eigenvalue weighted by atomic mass is 9.90. The van der Waals surface area contributed by atoms with E-state index in [0.29, 0.717) is 30.3 Å². The molecule has 11 heteroatoms. The average molecular weight is 459 g/mol. The van der Waals surface area contributed by atoms with Gasteiger partial charge < -0.3 is 10.2 Å². The number of rotatable bonds is 5. The van der Waals surface area contributed by atoms with E-state index in [1.54, 1.807) is 17.0 Å². The van der Waals surface area contributed by atoms with E-state index in [-0.39, 0.29) is 23.6 Å². The van der Waals surface area contributed by atoms with Crippen molar-refractivity contribution < 1.29 is 18.0 Å². The van der Waals surface area contributed by atoms with Gasteiger partial charge in [-0.1, -0.05) is 6.92 Å². The molecular formula is C22H24F3N7O. The minimum Gasteiger partial charge on any atom is -0.368 e. The third-order valence-electron chi connectivity index (χ3n) is 5.81. The summed E-state index contributed by atoms with van der Waals surface area (Å²) in [5.74, 6) is 0.272. The number of piperidine rings is 1. The number of carbonyl (C=O) groups is 1. The van der Waals surface area contributed by atoms with Crippen molar-refractivity contribution in [3.05, 3.63) is 59.8 Å². The molecule has 4 rings (SSSR count). The smallest absolute Gasteiger partial charge is 0.368 e. The van der Waals surface area contributed by atoms with E-state index in [4.69, 9.17) is 0 Å². The van der Waals surface area contributed by atoms with Crippen LogP contribution in [0.1, 0.15) is 41.5 Å². The van der Waals surface area contributed by atoms with Crippen molar-refractivity contribution >= 4 is 11.7 Å². The van der Waals surface area contributed by atoms with Crippen molar-refractivity contribution in [3.63, 3.8) is 0 Å². The third-order valence-corrected chi connectivity index (χ3v) is 5.81. The Morgan fingerprint density at radius 1 is 1.18 bits per heavy atom. The molecule has 1 N–H and O–H groups in total. The zero-order valence-electron chi connectivity index (χ0n) is 18.3. The van der Waals surface area contributed by atoms with Crippen LogP contribution in [0.25, 0.3) is 5.69 Å². The molecule has 2 atom stereocenters. The molecule has 0 aliphatic carbocycles. The van der Waals surface area contributed by atoms with Crippen LogP contribution in [0.5, 0.6) is 0 Å². The molecule has 3 aromatic rings. The summed E-state index contributed by atoms with van der Waals surface area (Å²) in [6, 6.07) is 5.66. The van der Waals surface area contributed by atoms with Crippen LogP contribution in [-0.4, -0.2) is 54.9 Å². The van der Waals surface area contributed by atoms with Gasteiger partial charge in [-0.3, -0.25) is 4.79 Å². The summed E-state index contributed by atoms with van der Waals surface area (Å²) in [5, 5.41) is 11.4. The first kappa shape index (κ1) is 22.7. The van der Waals surface area contributed by atoms with Crippen LogP contribution in [0, 0.1) is 12.8 Å². The van der Waals surface area contributed by atoms with E-state index >= 15 is 0 Å². The van der Waals surface area contributed by atoms with E-state index in [1.165, 1.54) is 23.3 Å². The van der Waals surface area contributed by atoms with Gasteiger partial charge in [0.2, 0.25) is 0 Å². The van der Waals surface area contributed by atoms with Crippen molar-refractivity contribution in [3.8, 4) is 5.69 Å². The number of nitrogens with one attached hydrogen (secondary N) is 1. The topological polar surface area (TPSA) is 88.8 Å². The number of amides is 1. The van der Waals surface area contributed by atoms with Crippen molar-refractivity contribution in [1.29, 1.82) is 0 Å². The Morgan fingerprint density at radius 2 is 1.94 bits per heavy atom. The van der Waals surface area contributed by atoms with Gasteiger partial charge in [-0.05, 0) is 49.9 Å². The van der Waals surface area contributed by atoms with Gasteiger partial charge in [-0.25, -0.2) is 9.97 Å². The minimum absolute atomic E-state index is 0.181. The number of pyridine rings is 2. The van der Waals surface area contributed by atoms with Crippen LogP contribution in [0.15, 0.2) is 42.9 Å². The van der Waals surface area contributed by atoms with Gasteiger partial charge >= 0.3 is 6.18 Å². The molecule has 0 aromatic carbocycles. The van der Waals surface area contributed by atoms with Crippen LogP contribution in [0.2, 0.25) is 0 Å². The summed E-state index contributed by atoms with van der Waals surface area (Å²) in [6.07, 6.45) is 1.21. The second-order valence-electron chi connectivity index (χ2n) is 8.14. The van der Waals surface area contributed by atoms with Crippen LogP contribution in [0.4, 0.5) is 19.0 Å². The molecule has 174 valence electrons. The number of hydrogen-bond acceptors (Lipinski definition) is 6. The van der Waals surface area contributed by atoms with Crippen LogP contribution in [0.3, 0.4) is 0 Å². The lowest BCUT2D eigenvalue weighted by Crippen LogP contribution is -2.51. The SMILES string of the molecule is Cc1ccc(-n2nccn2)c(C(=O)N2CCC[C@@H](C)[C@H]2CNc2ccc(C(F)(F)F)cn2)n1. The lowest BCUT2D eigenvalue weighted by Gasteiger charge is -2.40. The van der Waals surface area contributed by atoms with Gasteiger partial charge in [0.1, 0.15) is 11.5 Å². The summed E-state index contributed by atoms with van der Waals surface area (Å²) < 4.78 is 38.4. The molecule has 4 heterocycles. The van der Waals surface area contributed by atoms with Crippen molar-refractivity contribution in [2.45, 2.75) is 38.9 Å². The normalized spacial score (nSPS) is 18.9. The predicted octanol–water partition coefficient (Wildman–Crippen LogP) is 3.74. The number of carbonyl (C=O) groups excluding carboxylic acids is 1. The average Bonchev–Trinajstić information content (AvgIpc) is 3.32. The monoisotopic (exact) mass is 459 g/mol. The first-order valence-corrected chi connectivity index (χ1v) is 10.7. The number of aromatic nitrogens is 5. The fraction of sp³-hybridized carbons (Fsp3) is 0.409. The number of alkyl halides is 3. The number of anilines is 1. The van der Waals surface area contributed by atoms with Crippen molar-refractivity contribution in [1.82, 2.24) is 29.9 Å². The predicted molar refractivity (Wildman–Crippen MR) is 115 cm³/mol. The quantitative estimate of drug-likeness (QED) is 0.625. The summed E-state index contributed by atoms with van der Waals surface area (Å²) in [5.41, 5.74) is 0.645. The number of hydrogen-bond donors (Lipinski definition) is 1. The summed E-state index contributed by atoms with van der Waals surface area (Å²) in [6.45, 7) is 4.78. The zero-order chi connectivity index (χ0) is 23.6. The van der Waals surface area contributed by atoms with Gasteiger partial charge in [-0.15, -0.1) is 4.80 Å². The highest BCUT2D eigenvalue weighted by Gasteiger charge is 2.34. The molecule has 1 aliphatic rings. The molecular weight excluding hydrogens is 435 g/mol. The first-order valence-electron chi connectivity index (χ1n) is 10.7. The Morgan fingerprint density at radius 3 is 2.61 bits per heavy atom. The lowest BCUT2D eigenvalue weighted by molar-refractivity contribution is -0.137. The molecule has 0 bridgehead atoms. The summed E-state index contributed by atoms with van der Waals surface area (Å²) in [4.78, 5) is 25.1. The Labute approximate surface area is 188 Å². The highest BCUT2D eigenvalue weighted by molar-refractivity contribution is 5.96. The molecule has 3 aromatic heterocycles. The maximum Gasteiger partial charge on any atom is 0.417 e. The number of halogens is 3. The van der Waals surface area contributed by atoms with Gasteiger partial charge in [-0.2, -0.15) is 23.4 Å². The fourth-order valence-electron chi connectivity index (χ4n) is 4.03. The molecule has 0 spiro atoms. The highest BCUT2D eigenvalue weighted by atomic mass is 19.4.